The molecule has 0 bridgehead atoms. The molecule has 1 unspecified atom stereocenters. The third-order valence-electron chi connectivity index (χ3n) is 5.12. The zero-order valence-electron chi connectivity index (χ0n) is 18.8. The van der Waals surface area contributed by atoms with Crippen molar-refractivity contribution in [2.24, 2.45) is 12.1 Å². The van der Waals surface area contributed by atoms with Crippen molar-refractivity contribution in [1.29, 1.82) is 0 Å². The van der Waals surface area contributed by atoms with Crippen molar-refractivity contribution in [2.75, 3.05) is 12.0 Å². The smallest absolute Gasteiger partial charge is 0.329 e. The number of hydrogen-bond acceptors (Lipinski definition) is 9. The van der Waals surface area contributed by atoms with Crippen molar-refractivity contribution in [3.63, 3.8) is 0 Å². The normalized spacial score (nSPS) is 12.2. The first-order valence-electron chi connectivity index (χ1n) is 10.5. The number of aromatic nitrogens is 4. The molecule has 13 nitrogen and oxygen atoms in total. The van der Waals surface area contributed by atoms with Gasteiger partial charge >= 0.3 is 5.69 Å². The molecule has 0 amide bonds. The highest BCUT2D eigenvalue weighted by molar-refractivity contribution is 6.30. The summed E-state index contributed by atoms with van der Waals surface area (Å²) < 4.78 is 8.10. The Labute approximate surface area is 207 Å². The van der Waals surface area contributed by atoms with Crippen LogP contribution in [0.2, 0.25) is 5.02 Å². The number of rotatable bonds is 9. The molecule has 0 aliphatic carbocycles. The predicted octanol–water partition coefficient (Wildman–Crippen LogP) is 1.87. The monoisotopic (exact) mass is 513 g/mol. The summed E-state index contributed by atoms with van der Waals surface area (Å²) in [6.07, 6.45) is 0.260. The first kappa shape index (κ1) is 24.6. The van der Waals surface area contributed by atoms with E-state index in [4.69, 9.17) is 16.3 Å². The second kappa shape index (κ2) is 10.4. The van der Waals surface area contributed by atoms with Crippen molar-refractivity contribution in [2.45, 2.75) is 12.6 Å². The fraction of sp³-hybridized carbons (Fsp3) is 0.182. The van der Waals surface area contributed by atoms with E-state index in [2.05, 4.69) is 20.5 Å². The number of nitrogens with one attached hydrogen (secondary N) is 2. The molecule has 4 aromatic rings. The number of aliphatic hydroxyl groups excluding tert-OH is 1. The van der Waals surface area contributed by atoms with Gasteiger partial charge in [-0.15, -0.1) is 0 Å². The van der Waals surface area contributed by atoms with Crippen LogP contribution < -0.4 is 21.4 Å². The molecule has 0 fully saturated rings. The zero-order valence-corrected chi connectivity index (χ0v) is 19.5. The standard InChI is InChI=1S/C22H20ClN7O6/c1-28-19-18(20(32)26-22(28)33)29(11-16(31)12-36-17-7-5-14(23)6-8-17)21(25-19)27-24-10-13-3-2-4-15(9-13)30(34)35/h2-10,16,31H,11-12H2,1H3,(H,25,27)(H,26,32,33)/b24-10+. The lowest BCUT2D eigenvalue weighted by Gasteiger charge is -2.15. The lowest BCUT2D eigenvalue weighted by molar-refractivity contribution is -0.384. The van der Waals surface area contributed by atoms with E-state index in [0.717, 1.165) is 4.57 Å². The molecular formula is C22H20ClN7O6. The van der Waals surface area contributed by atoms with Crippen LogP contribution in [-0.2, 0) is 13.6 Å². The van der Waals surface area contributed by atoms with Crippen LogP contribution in [0.4, 0.5) is 11.6 Å². The first-order valence-corrected chi connectivity index (χ1v) is 10.9. The Hall–Kier alpha value is -4.49. The third kappa shape index (κ3) is 5.42. The predicted molar refractivity (Wildman–Crippen MR) is 133 cm³/mol. The van der Waals surface area contributed by atoms with Gasteiger partial charge in [0.2, 0.25) is 5.95 Å². The Bertz CT molecular complexity index is 1560. The molecule has 1 atom stereocenters. The lowest BCUT2D eigenvalue weighted by atomic mass is 10.2. The fourth-order valence-electron chi connectivity index (χ4n) is 3.37. The number of aryl methyl sites for hydroxylation is 1. The van der Waals surface area contributed by atoms with E-state index in [1.807, 2.05) is 0 Å². The molecule has 2 heterocycles. The number of non-ortho nitro benzene ring substituents is 1. The van der Waals surface area contributed by atoms with Gasteiger partial charge < -0.3 is 14.4 Å². The number of ether oxygens (including phenoxy) is 1. The maximum Gasteiger partial charge on any atom is 0.329 e. The summed E-state index contributed by atoms with van der Waals surface area (Å²) in [6.45, 7) is -0.235. The number of imidazole rings is 1. The summed E-state index contributed by atoms with van der Waals surface area (Å²) in [5.74, 6) is 0.554. The minimum Gasteiger partial charge on any atom is -0.491 e. The maximum atomic E-state index is 12.6. The van der Waals surface area contributed by atoms with Gasteiger partial charge in [0.25, 0.3) is 11.2 Å². The summed E-state index contributed by atoms with van der Waals surface area (Å²) in [5.41, 5.74) is 1.78. The van der Waals surface area contributed by atoms with E-state index in [0.29, 0.717) is 16.3 Å². The summed E-state index contributed by atoms with van der Waals surface area (Å²) in [5, 5.41) is 26.2. The minimum absolute atomic E-state index is 0.0377. The topological polar surface area (TPSA) is 170 Å². The quantitative estimate of drug-likeness (QED) is 0.173. The number of halogens is 1. The highest BCUT2D eigenvalue weighted by Crippen LogP contribution is 2.18. The van der Waals surface area contributed by atoms with Gasteiger partial charge in [-0.3, -0.25) is 24.5 Å². The van der Waals surface area contributed by atoms with Crippen LogP contribution in [0.25, 0.3) is 11.2 Å². The zero-order chi connectivity index (χ0) is 25.8. The summed E-state index contributed by atoms with van der Waals surface area (Å²) in [4.78, 5) is 41.6. The molecule has 0 saturated carbocycles. The number of aliphatic hydroxyl groups is 1. The number of aromatic amines is 1. The summed E-state index contributed by atoms with van der Waals surface area (Å²) >= 11 is 5.86. The highest BCUT2D eigenvalue weighted by atomic mass is 35.5. The van der Waals surface area contributed by atoms with Crippen LogP contribution in [0.1, 0.15) is 5.56 Å². The molecule has 2 aromatic carbocycles. The van der Waals surface area contributed by atoms with Crippen molar-refractivity contribution in [1.82, 2.24) is 19.1 Å². The number of hydrazone groups is 1. The number of H-pyrrole nitrogens is 1. The molecule has 36 heavy (non-hydrogen) atoms. The van der Waals surface area contributed by atoms with Crippen LogP contribution in [0.3, 0.4) is 0 Å². The molecule has 3 N–H and O–H groups in total. The number of hydrogen-bond donors (Lipinski definition) is 3. The first-order chi connectivity index (χ1) is 17.2. The number of anilines is 1. The van der Waals surface area contributed by atoms with Gasteiger partial charge in [0.15, 0.2) is 11.2 Å². The largest absolute Gasteiger partial charge is 0.491 e. The van der Waals surface area contributed by atoms with E-state index >= 15 is 0 Å². The van der Waals surface area contributed by atoms with Crippen LogP contribution in [0, 0.1) is 10.1 Å². The lowest BCUT2D eigenvalue weighted by Crippen LogP contribution is -2.30. The third-order valence-corrected chi connectivity index (χ3v) is 5.37. The van der Waals surface area contributed by atoms with Crippen LogP contribution in [0.5, 0.6) is 5.75 Å². The van der Waals surface area contributed by atoms with Crippen LogP contribution in [0.15, 0.2) is 63.2 Å². The molecular weight excluding hydrogens is 494 g/mol. The molecule has 14 heteroatoms. The van der Waals surface area contributed by atoms with Gasteiger partial charge in [0, 0.05) is 29.8 Å². The van der Waals surface area contributed by atoms with Gasteiger partial charge in [-0.25, -0.2) is 10.2 Å². The van der Waals surface area contributed by atoms with E-state index < -0.39 is 22.3 Å². The molecule has 2 aromatic heterocycles. The second-order valence-corrected chi connectivity index (χ2v) is 8.11. The number of nitro groups is 1. The van der Waals surface area contributed by atoms with Crippen molar-refractivity contribution in [3.05, 3.63) is 90.1 Å². The van der Waals surface area contributed by atoms with Gasteiger partial charge in [-0.05, 0) is 24.3 Å². The van der Waals surface area contributed by atoms with E-state index in [1.165, 1.54) is 36.0 Å². The van der Waals surface area contributed by atoms with E-state index in [-0.39, 0.29) is 36.0 Å². The minimum atomic E-state index is -1.07. The van der Waals surface area contributed by atoms with E-state index in [9.17, 15) is 24.8 Å². The molecule has 0 radical (unpaired) electrons. The second-order valence-electron chi connectivity index (χ2n) is 7.68. The van der Waals surface area contributed by atoms with Crippen molar-refractivity contribution in [3.8, 4) is 5.75 Å². The van der Waals surface area contributed by atoms with E-state index in [1.54, 1.807) is 30.3 Å². The highest BCUT2D eigenvalue weighted by Gasteiger charge is 2.20. The van der Waals surface area contributed by atoms with Crippen molar-refractivity contribution < 1.29 is 14.8 Å². The fourth-order valence-corrected chi connectivity index (χ4v) is 3.49. The Kier molecular flexibility index (Phi) is 7.12. The number of nitrogens with zero attached hydrogens (tertiary/aromatic N) is 5. The molecule has 186 valence electrons. The van der Waals surface area contributed by atoms with Gasteiger partial charge in [-0.1, -0.05) is 23.7 Å². The number of fused-ring (bicyclic) bond motifs is 1. The van der Waals surface area contributed by atoms with Crippen molar-refractivity contribution >= 4 is 40.6 Å². The Morgan fingerprint density at radius 1 is 1.31 bits per heavy atom. The SMILES string of the molecule is Cn1c(=O)[nH]c(=O)c2c1nc(N/N=C/c1cccc([N+](=O)[O-])c1)n2CC(O)COc1ccc(Cl)cc1. The maximum absolute atomic E-state index is 12.6. The Balaban J connectivity index is 1.61. The Morgan fingerprint density at radius 3 is 2.78 bits per heavy atom. The molecule has 0 spiro atoms. The molecule has 0 saturated heterocycles. The van der Waals surface area contributed by atoms with Crippen LogP contribution in [-0.4, -0.2) is 48.1 Å². The number of benzene rings is 2. The van der Waals surface area contributed by atoms with Crippen LogP contribution >= 0.6 is 11.6 Å². The average Bonchev–Trinajstić information content (AvgIpc) is 3.21. The van der Waals surface area contributed by atoms with Gasteiger partial charge in [0.1, 0.15) is 18.5 Å². The summed E-state index contributed by atoms with van der Waals surface area (Å²) in [7, 11) is 1.44. The van der Waals surface area contributed by atoms with Gasteiger partial charge in [0.05, 0.1) is 17.7 Å². The average molecular weight is 514 g/mol. The molecule has 0 aliphatic heterocycles. The number of nitro benzene ring substituents is 1. The van der Waals surface area contributed by atoms with Gasteiger partial charge in [-0.2, -0.15) is 10.1 Å². The Morgan fingerprint density at radius 2 is 2.06 bits per heavy atom. The summed E-state index contributed by atoms with van der Waals surface area (Å²) in [6, 6.07) is 12.4. The molecule has 4 rings (SSSR count). The molecule has 0 aliphatic rings.